The molecular formula is C10H13NO5S2. The Morgan fingerprint density at radius 1 is 1.56 bits per heavy atom. The second-order valence-corrected chi connectivity index (χ2v) is 7.37. The van der Waals surface area contributed by atoms with Gasteiger partial charge < -0.3 is 10.2 Å². The molecule has 6 nitrogen and oxygen atoms in total. The molecule has 0 aliphatic carbocycles. The zero-order valence-corrected chi connectivity index (χ0v) is 11.3. The average molecular weight is 291 g/mol. The molecule has 2 N–H and O–H groups in total. The summed E-state index contributed by atoms with van der Waals surface area (Å²) < 4.78 is 25.6. The number of aliphatic hydroxyl groups excluding tert-OH is 1. The molecule has 2 rings (SSSR count). The number of aromatic carboxylic acids is 1. The number of carboxylic acids is 1. The Labute approximate surface area is 109 Å². The van der Waals surface area contributed by atoms with E-state index in [1.807, 2.05) is 0 Å². The minimum Gasteiger partial charge on any atom is -0.477 e. The molecule has 1 aliphatic rings. The summed E-state index contributed by atoms with van der Waals surface area (Å²) in [7, 11) is -3.62. The van der Waals surface area contributed by atoms with Gasteiger partial charge in [-0.3, -0.25) is 0 Å². The summed E-state index contributed by atoms with van der Waals surface area (Å²) in [4.78, 5) is 11.4. The van der Waals surface area contributed by atoms with E-state index < -0.39 is 16.0 Å². The Balaban J connectivity index is 2.28. The number of carboxylic acid groups (broad SMARTS) is 1. The Bertz CT molecular complexity index is 571. The van der Waals surface area contributed by atoms with Crippen molar-refractivity contribution < 1.29 is 23.4 Å². The number of carbonyl (C=O) groups is 1. The van der Waals surface area contributed by atoms with Gasteiger partial charge in [0.2, 0.25) is 10.0 Å². The third-order valence-corrected chi connectivity index (χ3v) is 6.01. The highest BCUT2D eigenvalue weighted by Gasteiger charge is 2.37. The molecule has 0 spiro atoms. The summed E-state index contributed by atoms with van der Waals surface area (Å²) in [6, 6.07) is 1.20. The van der Waals surface area contributed by atoms with E-state index in [1.165, 1.54) is 10.4 Å². The molecule has 0 radical (unpaired) electrons. The first-order chi connectivity index (χ1) is 8.36. The highest BCUT2D eigenvalue weighted by molar-refractivity contribution is 7.89. The monoisotopic (exact) mass is 291 g/mol. The molecule has 1 aliphatic heterocycles. The van der Waals surface area contributed by atoms with Crippen molar-refractivity contribution in [1.29, 1.82) is 0 Å². The van der Waals surface area contributed by atoms with Crippen molar-refractivity contribution >= 4 is 27.3 Å². The number of aryl methyl sites for hydroxylation is 1. The van der Waals surface area contributed by atoms with Gasteiger partial charge in [-0.1, -0.05) is 0 Å². The molecule has 8 heteroatoms. The molecule has 0 bridgehead atoms. The van der Waals surface area contributed by atoms with Crippen molar-refractivity contribution in [3.05, 3.63) is 15.8 Å². The molecule has 0 aromatic carbocycles. The van der Waals surface area contributed by atoms with Gasteiger partial charge in [0.05, 0.1) is 4.90 Å². The third-order valence-electron chi connectivity index (χ3n) is 2.88. The van der Waals surface area contributed by atoms with Crippen LogP contribution in [0.5, 0.6) is 0 Å². The highest BCUT2D eigenvalue weighted by Crippen LogP contribution is 2.31. The van der Waals surface area contributed by atoms with Gasteiger partial charge in [0, 0.05) is 30.5 Å². The van der Waals surface area contributed by atoms with Gasteiger partial charge in [-0.2, -0.15) is 4.31 Å². The largest absolute Gasteiger partial charge is 0.477 e. The van der Waals surface area contributed by atoms with E-state index in [2.05, 4.69) is 0 Å². The second kappa shape index (κ2) is 4.61. The Morgan fingerprint density at radius 2 is 2.17 bits per heavy atom. The van der Waals surface area contributed by atoms with Crippen LogP contribution in [0.4, 0.5) is 0 Å². The van der Waals surface area contributed by atoms with E-state index in [0.717, 1.165) is 11.3 Å². The Morgan fingerprint density at radius 3 is 2.61 bits per heavy atom. The quantitative estimate of drug-likeness (QED) is 0.835. The van der Waals surface area contributed by atoms with Gasteiger partial charge in [-0.15, -0.1) is 11.3 Å². The zero-order valence-electron chi connectivity index (χ0n) is 9.66. The van der Waals surface area contributed by atoms with Gasteiger partial charge >= 0.3 is 5.97 Å². The van der Waals surface area contributed by atoms with Gasteiger partial charge in [-0.05, 0) is 13.0 Å². The summed E-state index contributed by atoms with van der Waals surface area (Å²) >= 11 is 0.953. The van der Waals surface area contributed by atoms with E-state index in [1.54, 1.807) is 6.92 Å². The lowest BCUT2D eigenvalue weighted by Gasteiger charge is -2.36. The van der Waals surface area contributed by atoms with Crippen molar-refractivity contribution in [2.45, 2.75) is 11.8 Å². The lowest BCUT2D eigenvalue weighted by molar-refractivity contribution is 0.0702. The third kappa shape index (κ3) is 2.16. The van der Waals surface area contributed by atoms with Crippen LogP contribution in [-0.4, -0.2) is 48.6 Å². The van der Waals surface area contributed by atoms with Crippen molar-refractivity contribution in [1.82, 2.24) is 4.31 Å². The number of hydrogen-bond acceptors (Lipinski definition) is 5. The summed E-state index contributed by atoms with van der Waals surface area (Å²) in [6.07, 6.45) is 0. The van der Waals surface area contributed by atoms with Crippen molar-refractivity contribution in [3.63, 3.8) is 0 Å². The average Bonchev–Trinajstić information content (AvgIpc) is 2.59. The predicted octanol–water partition coefficient (Wildman–Crippen LogP) is 0.368. The minimum absolute atomic E-state index is 0.0161. The molecule has 1 fully saturated rings. The highest BCUT2D eigenvalue weighted by atomic mass is 32.2. The van der Waals surface area contributed by atoms with Crippen LogP contribution in [0.2, 0.25) is 0 Å². The van der Waals surface area contributed by atoms with Crippen LogP contribution in [0.3, 0.4) is 0 Å². The van der Waals surface area contributed by atoms with Crippen molar-refractivity contribution in [2.75, 3.05) is 19.7 Å². The van der Waals surface area contributed by atoms with E-state index in [-0.39, 0.29) is 35.4 Å². The molecule has 2 heterocycles. The SMILES string of the molecule is Cc1sc(C(=O)O)cc1S(=O)(=O)N1CC(CO)C1. The molecular weight excluding hydrogens is 278 g/mol. The first-order valence-electron chi connectivity index (χ1n) is 5.31. The fourth-order valence-corrected chi connectivity index (χ4v) is 4.79. The molecule has 0 atom stereocenters. The van der Waals surface area contributed by atoms with Gasteiger partial charge in [0.15, 0.2) is 0 Å². The number of hydrogen-bond donors (Lipinski definition) is 2. The van der Waals surface area contributed by atoms with Gasteiger partial charge in [0.25, 0.3) is 0 Å². The molecule has 18 heavy (non-hydrogen) atoms. The summed E-state index contributed by atoms with van der Waals surface area (Å²) in [5.41, 5.74) is 0. The smallest absolute Gasteiger partial charge is 0.345 e. The van der Waals surface area contributed by atoms with Crippen molar-refractivity contribution in [3.8, 4) is 0 Å². The maximum atomic E-state index is 12.2. The number of aliphatic hydroxyl groups is 1. The van der Waals surface area contributed by atoms with E-state index in [9.17, 15) is 13.2 Å². The maximum absolute atomic E-state index is 12.2. The summed E-state index contributed by atoms with van der Waals surface area (Å²) in [5.74, 6) is -1.14. The summed E-state index contributed by atoms with van der Waals surface area (Å²) in [5, 5.41) is 17.7. The van der Waals surface area contributed by atoms with Crippen LogP contribution < -0.4 is 0 Å². The number of thiophene rings is 1. The predicted molar refractivity (Wildman–Crippen MR) is 65.3 cm³/mol. The van der Waals surface area contributed by atoms with E-state index in [0.29, 0.717) is 4.88 Å². The number of rotatable bonds is 4. The molecule has 1 aromatic rings. The minimum atomic E-state index is -3.62. The van der Waals surface area contributed by atoms with Gasteiger partial charge in [0.1, 0.15) is 4.88 Å². The first-order valence-corrected chi connectivity index (χ1v) is 7.56. The first kappa shape index (κ1) is 13.5. The second-order valence-electron chi connectivity index (χ2n) is 4.21. The van der Waals surface area contributed by atoms with Gasteiger partial charge in [-0.25, -0.2) is 13.2 Å². The molecule has 1 saturated heterocycles. The van der Waals surface area contributed by atoms with Crippen LogP contribution in [0, 0.1) is 12.8 Å². The van der Waals surface area contributed by atoms with Crippen LogP contribution >= 0.6 is 11.3 Å². The normalized spacial score (nSPS) is 17.7. The van der Waals surface area contributed by atoms with Crippen LogP contribution in [0.25, 0.3) is 0 Å². The van der Waals surface area contributed by atoms with Crippen LogP contribution in [-0.2, 0) is 10.0 Å². The molecule has 100 valence electrons. The number of sulfonamides is 1. The van der Waals surface area contributed by atoms with E-state index >= 15 is 0 Å². The van der Waals surface area contributed by atoms with Crippen molar-refractivity contribution in [2.24, 2.45) is 5.92 Å². The van der Waals surface area contributed by atoms with E-state index in [4.69, 9.17) is 10.2 Å². The standard InChI is InChI=1S/C10H13NO5S2/c1-6-9(2-8(17-6)10(13)14)18(15,16)11-3-7(4-11)5-12/h2,7,12H,3-5H2,1H3,(H,13,14). The fraction of sp³-hybridized carbons (Fsp3) is 0.500. The lowest BCUT2D eigenvalue weighted by Crippen LogP contribution is -2.51. The molecule has 0 amide bonds. The number of nitrogens with zero attached hydrogens (tertiary/aromatic N) is 1. The molecule has 1 aromatic heterocycles. The Hall–Kier alpha value is -0.960. The summed E-state index contributed by atoms with van der Waals surface area (Å²) in [6.45, 7) is 2.13. The topological polar surface area (TPSA) is 94.9 Å². The fourth-order valence-electron chi connectivity index (χ4n) is 1.80. The molecule has 0 saturated carbocycles. The molecule has 0 unspecified atom stereocenters. The van der Waals surface area contributed by atoms with Crippen LogP contribution in [0.15, 0.2) is 11.0 Å². The van der Waals surface area contributed by atoms with Crippen LogP contribution in [0.1, 0.15) is 14.5 Å². The zero-order chi connectivity index (χ0) is 13.5. The Kier molecular flexibility index (Phi) is 3.45. The lowest BCUT2D eigenvalue weighted by atomic mass is 10.1. The maximum Gasteiger partial charge on any atom is 0.345 e.